The molecular formula is C12H10N7NaO6S2. The van der Waals surface area contributed by atoms with E-state index < -0.39 is 28.4 Å². The minimum atomic E-state index is -5.08. The van der Waals surface area contributed by atoms with Gasteiger partial charge in [0.25, 0.3) is 5.91 Å². The Morgan fingerprint density at radius 2 is 2.21 bits per heavy atom. The normalized spacial score (nSPS) is 18.7. The molecule has 2 bridgehead atoms. The third-order valence-electron chi connectivity index (χ3n) is 3.77. The smallest absolute Gasteiger partial charge is 0.724 e. The summed E-state index contributed by atoms with van der Waals surface area (Å²) in [4.78, 5) is 25.6. The Morgan fingerprint density at radius 1 is 1.43 bits per heavy atom. The molecule has 1 N–H and O–H groups in total. The van der Waals surface area contributed by atoms with Gasteiger partial charge in [-0.05, 0) is 12.1 Å². The number of anilines is 1. The molecule has 28 heavy (non-hydrogen) atoms. The van der Waals surface area contributed by atoms with Crippen LogP contribution in [-0.2, 0) is 14.7 Å². The first-order valence-corrected chi connectivity index (χ1v) is 9.59. The summed E-state index contributed by atoms with van der Waals surface area (Å²) in [5.41, 5.74) is 2.10. The SMILES string of the molecule is O=C(Nc1nncs1)c1ccn(C2=CC3CN(C2)C(=O)N3OS(=O)(=O)[O-])n1.[Na+]. The first-order valence-electron chi connectivity index (χ1n) is 7.38. The summed E-state index contributed by atoms with van der Waals surface area (Å²) >= 11 is 1.16. The summed E-state index contributed by atoms with van der Waals surface area (Å²) in [5.74, 6) is -0.483. The van der Waals surface area contributed by atoms with Gasteiger partial charge in [-0.2, -0.15) is 14.4 Å². The molecular weight excluding hydrogens is 425 g/mol. The molecule has 1 fully saturated rings. The maximum atomic E-state index is 12.1. The molecule has 2 aliphatic rings. The molecule has 2 aliphatic heterocycles. The minimum Gasteiger partial charge on any atom is -0.724 e. The van der Waals surface area contributed by atoms with Crippen LogP contribution in [0.25, 0.3) is 5.70 Å². The summed E-state index contributed by atoms with van der Waals surface area (Å²) in [5, 5.41) is 14.8. The maximum absolute atomic E-state index is 12.1. The molecule has 0 aliphatic carbocycles. The second-order valence-corrected chi connectivity index (χ2v) is 7.34. The van der Waals surface area contributed by atoms with Crippen LogP contribution in [0.5, 0.6) is 0 Å². The Bertz CT molecular complexity index is 1040. The number of hydrogen-bond acceptors (Lipinski definition) is 10. The number of hydrogen-bond donors (Lipinski definition) is 1. The minimum absolute atomic E-state index is 0. The van der Waals surface area contributed by atoms with E-state index in [-0.39, 0.29) is 48.3 Å². The van der Waals surface area contributed by atoms with Crippen LogP contribution in [0.1, 0.15) is 10.5 Å². The molecule has 2 aromatic rings. The molecule has 1 unspecified atom stereocenters. The van der Waals surface area contributed by atoms with Crippen LogP contribution < -0.4 is 34.9 Å². The van der Waals surface area contributed by atoms with E-state index in [1.165, 1.54) is 27.4 Å². The van der Waals surface area contributed by atoms with Gasteiger partial charge in [0.1, 0.15) is 11.6 Å². The molecule has 142 valence electrons. The second kappa shape index (κ2) is 7.86. The molecule has 2 aromatic heterocycles. The van der Waals surface area contributed by atoms with Crippen molar-refractivity contribution in [3.05, 3.63) is 29.5 Å². The van der Waals surface area contributed by atoms with Gasteiger partial charge in [0.05, 0.1) is 12.2 Å². The number of amides is 3. The number of fused-ring (bicyclic) bond motifs is 2. The largest absolute Gasteiger partial charge is 1.00 e. The van der Waals surface area contributed by atoms with E-state index in [1.54, 1.807) is 6.08 Å². The van der Waals surface area contributed by atoms with Crippen molar-refractivity contribution < 1.29 is 56.4 Å². The zero-order valence-corrected chi connectivity index (χ0v) is 17.9. The van der Waals surface area contributed by atoms with Crippen LogP contribution in [0.3, 0.4) is 0 Å². The molecule has 3 amide bonds. The molecule has 0 aromatic carbocycles. The van der Waals surface area contributed by atoms with Crippen molar-refractivity contribution in [2.75, 3.05) is 18.4 Å². The van der Waals surface area contributed by atoms with E-state index in [4.69, 9.17) is 0 Å². The molecule has 4 rings (SSSR count). The van der Waals surface area contributed by atoms with Gasteiger partial charge in [0.2, 0.25) is 15.5 Å². The quantitative estimate of drug-likeness (QED) is 0.283. The first kappa shape index (κ1) is 20.8. The molecule has 16 heteroatoms. The van der Waals surface area contributed by atoms with Crippen LogP contribution in [0.15, 0.2) is 23.8 Å². The van der Waals surface area contributed by atoms with Crippen molar-refractivity contribution >= 4 is 44.5 Å². The van der Waals surface area contributed by atoms with Crippen molar-refractivity contribution in [2.24, 2.45) is 0 Å². The second-order valence-electron chi connectivity index (χ2n) is 5.54. The molecule has 13 nitrogen and oxygen atoms in total. The fraction of sp³-hybridized carbons (Fsp3) is 0.250. The number of rotatable bonds is 5. The number of nitrogens with one attached hydrogen (secondary N) is 1. The summed E-state index contributed by atoms with van der Waals surface area (Å²) in [6.07, 6.45) is 3.07. The number of hydroxylamine groups is 2. The van der Waals surface area contributed by atoms with Gasteiger partial charge in [-0.25, -0.2) is 17.9 Å². The average molecular weight is 435 g/mol. The monoisotopic (exact) mass is 435 g/mol. The predicted octanol–water partition coefficient (Wildman–Crippen LogP) is -3.66. The molecule has 0 saturated carbocycles. The van der Waals surface area contributed by atoms with Gasteiger partial charge in [-0.15, -0.1) is 10.2 Å². The summed E-state index contributed by atoms with van der Waals surface area (Å²) in [6, 6.07) is -0.0405. The third-order valence-corrected chi connectivity index (χ3v) is 4.72. The Morgan fingerprint density at radius 3 is 2.89 bits per heavy atom. The zero-order chi connectivity index (χ0) is 19.2. The molecule has 0 radical (unpaired) electrons. The first-order chi connectivity index (χ1) is 12.8. The molecule has 0 spiro atoms. The van der Waals surface area contributed by atoms with Gasteiger partial charge in [-0.1, -0.05) is 11.3 Å². The van der Waals surface area contributed by atoms with E-state index in [1.807, 2.05) is 0 Å². The third kappa shape index (κ3) is 4.24. The molecule has 1 saturated heterocycles. The fourth-order valence-corrected chi connectivity index (χ4v) is 3.52. The number of aromatic nitrogens is 4. The number of carbonyl (C=O) groups excluding carboxylic acids is 2. The Kier molecular flexibility index (Phi) is 5.85. The van der Waals surface area contributed by atoms with Gasteiger partial charge in [0.15, 0.2) is 5.69 Å². The van der Waals surface area contributed by atoms with E-state index in [0.717, 1.165) is 11.3 Å². The van der Waals surface area contributed by atoms with Gasteiger partial charge in [-0.3, -0.25) is 10.1 Å². The van der Waals surface area contributed by atoms with Crippen LogP contribution in [0, 0.1) is 0 Å². The van der Waals surface area contributed by atoms with Gasteiger partial charge >= 0.3 is 35.6 Å². The summed E-state index contributed by atoms with van der Waals surface area (Å²) < 4.78 is 38.0. The predicted molar refractivity (Wildman–Crippen MR) is 87.7 cm³/mol. The zero-order valence-electron chi connectivity index (χ0n) is 14.3. The van der Waals surface area contributed by atoms with Crippen LogP contribution >= 0.6 is 11.3 Å². The van der Waals surface area contributed by atoms with E-state index in [9.17, 15) is 22.6 Å². The maximum Gasteiger partial charge on any atom is 1.00 e. The standard InChI is InChI=1S/C12H11N7O6S2.Na/c20-10(14-11-15-13-6-26-11)9-1-2-18(16-9)7-3-8-5-17(4-7)12(21)19(8)25-27(22,23)24;/h1-3,6,8H,4-5H2,(H,14,15,20)(H,22,23,24);/q;+1/p-1. The van der Waals surface area contributed by atoms with Gasteiger partial charge in [0, 0.05) is 12.7 Å². The Hall–Kier alpha value is -1.88. The topological polar surface area (TPSA) is 163 Å². The van der Waals surface area contributed by atoms with Gasteiger partial charge < -0.3 is 9.45 Å². The van der Waals surface area contributed by atoms with Crippen molar-refractivity contribution in [1.82, 2.24) is 29.9 Å². The average Bonchev–Trinajstić information content (AvgIpc) is 3.32. The summed E-state index contributed by atoms with van der Waals surface area (Å²) in [7, 11) is -5.08. The van der Waals surface area contributed by atoms with Crippen molar-refractivity contribution in [2.45, 2.75) is 6.04 Å². The van der Waals surface area contributed by atoms with Crippen molar-refractivity contribution in [3.63, 3.8) is 0 Å². The summed E-state index contributed by atoms with van der Waals surface area (Å²) in [6.45, 7) is 0.275. The number of urea groups is 1. The van der Waals surface area contributed by atoms with E-state index in [0.29, 0.717) is 15.9 Å². The van der Waals surface area contributed by atoms with E-state index >= 15 is 0 Å². The van der Waals surface area contributed by atoms with Crippen LogP contribution in [0.2, 0.25) is 0 Å². The molecule has 1 atom stereocenters. The van der Waals surface area contributed by atoms with Crippen molar-refractivity contribution in [3.8, 4) is 0 Å². The molecule has 4 heterocycles. The van der Waals surface area contributed by atoms with Crippen molar-refractivity contribution in [1.29, 1.82) is 0 Å². The van der Waals surface area contributed by atoms with E-state index in [2.05, 4.69) is 24.9 Å². The van der Waals surface area contributed by atoms with Crippen LogP contribution in [0.4, 0.5) is 9.93 Å². The fourth-order valence-electron chi connectivity index (χ4n) is 2.71. The Labute approximate surface area is 184 Å². The Balaban J connectivity index is 0.00000225. The number of nitrogens with zero attached hydrogens (tertiary/aromatic N) is 6. The van der Waals surface area contributed by atoms with Crippen LogP contribution in [-0.4, -0.2) is 74.0 Å². The number of carbonyl (C=O) groups is 2.